The minimum Gasteiger partial charge on any atom is -0.387 e. The van der Waals surface area contributed by atoms with Crippen molar-refractivity contribution in [1.82, 2.24) is 5.32 Å². The Kier molecular flexibility index (Phi) is 3.01. The van der Waals surface area contributed by atoms with Crippen molar-refractivity contribution in [1.29, 1.82) is 0 Å². The van der Waals surface area contributed by atoms with Crippen LogP contribution in [0, 0.1) is 0 Å². The van der Waals surface area contributed by atoms with E-state index in [0.29, 0.717) is 4.90 Å². The van der Waals surface area contributed by atoms with E-state index < -0.39 is 15.1 Å². The molecule has 1 aromatic carbocycles. The van der Waals surface area contributed by atoms with Gasteiger partial charge in [0.2, 0.25) is 0 Å². The summed E-state index contributed by atoms with van der Waals surface area (Å²) in [5.41, 5.74) is 0.823. The second-order valence-electron chi connectivity index (χ2n) is 3.88. The predicted octanol–water partition coefficient (Wildman–Crippen LogP) is 1.73. The van der Waals surface area contributed by atoms with Gasteiger partial charge in [0, 0.05) is 12.2 Å². The fourth-order valence-electron chi connectivity index (χ4n) is 1.81. The molecule has 1 aliphatic rings. The number of rotatable bonds is 3. The molecule has 0 saturated heterocycles. The molecule has 86 valence electrons. The fraction of sp³-hybridized carbons (Fsp3) is 0.333. The van der Waals surface area contributed by atoms with Gasteiger partial charge in [0.1, 0.15) is 5.25 Å². The normalized spacial score (nSPS) is 17.7. The van der Waals surface area contributed by atoms with Crippen LogP contribution in [0.2, 0.25) is 0 Å². The Hall–Kier alpha value is -1.29. The first-order chi connectivity index (χ1) is 7.62. The van der Waals surface area contributed by atoms with Crippen molar-refractivity contribution in [2.75, 3.05) is 6.54 Å². The molecular weight excluding hydrogens is 222 g/mol. The average Bonchev–Trinajstić information content (AvgIpc) is 2.82. The maximum Gasteiger partial charge on any atom is 0.186 e. The molecule has 0 saturated carbocycles. The van der Waals surface area contributed by atoms with Crippen molar-refractivity contribution < 1.29 is 8.42 Å². The van der Waals surface area contributed by atoms with Gasteiger partial charge < -0.3 is 5.32 Å². The highest BCUT2D eigenvalue weighted by atomic mass is 32.2. The number of sulfone groups is 1. The Morgan fingerprint density at radius 3 is 2.50 bits per heavy atom. The van der Waals surface area contributed by atoms with Crippen LogP contribution in [0.3, 0.4) is 0 Å². The zero-order chi connectivity index (χ0) is 11.6. The third kappa shape index (κ3) is 1.97. The summed E-state index contributed by atoms with van der Waals surface area (Å²) in [6.07, 6.45) is 2.87. The highest BCUT2D eigenvalue weighted by molar-refractivity contribution is 7.92. The van der Waals surface area contributed by atoms with E-state index in [2.05, 4.69) is 5.32 Å². The van der Waals surface area contributed by atoms with E-state index in [1.54, 1.807) is 31.2 Å². The molecule has 0 spiro atoms. The molecule has 0 bridgehead atoms. The smallest absolute Gasteiger partial charge is 0.186 e. The van der Waals surface area contributed by atoms with Crippen LogP contribution in [-0.4, -0.2) is 20.2 Å². The van der Waals surface area contributed by atoms with E-state index in [1.807, 2.05) is 12.1 Å². The molecule has 0 aliphatic carbocycles. The summed E-state index contributed by atoms with van der Waals surface area (Å²) in [5, 5.41) is 2.63. The Labute approximate surface area is 96.1 Å². The summed E-state index contributed by atoms with van der Waals surface area (Å²) in [4.78, 5) is 0.386. The van der Waals surface area contributed by atoms with Crippen LogP contribution in [0.15, 0.2) is 47.0 Å². The first kappa shape index (κ1) is 11.2. The molecule has 1 heterocycles. The third-order valence-corrected chi connectivity index (χ3v) is 4.93. The van der Waals surface area contributed by atoms with Crippen molar-refractivity contribution >= 4 is 9.84 Å². The SMILES string of the molecule is CC(C1=CCCN1)S(=O)(=O)c1ccccc1. The standard InChI is InChI=1S/C12H15NO2S/c1-10(12-8-5-9-13-12)16(14,15)11-6-3-2-4-7-11/h2-4,6-8,10,13H,5,9H2,1H3. The van der Waals surface area contributed by atoms with Gasteiger partial charge in [-0.25, -0.2) is 8.42 Å². The van der Waals surface area contributed by atoms with E-state index in [0.717, 1.165) is 18.7 Å². The minimum absolute atomic E-state index is 0.386. The lowest BCUT2D eigenvalue weighted by Gasteiger charge is -2.14. The van der Waals surface area contributed by atoms with E-state index in [-0.39, 0.29) is 0 Å². The fourth-order valence-corrected chi connectivity index (χ4v) is 3.27. The van der Waals surface area contributed by atoms with Crippen molar-refractivity contribution in [3.63, 3.8) is 0 Å². The van der Waals surface area contributed by atoms with Crippen LogP contribution in [0.4, 0.5) is 0 Å². The zero-order valence-electron chi connectivity index (χ0n) is 9.18. The molecule has 1 unspecified atom stereocenters. The van der Waals surface area contributed by atoms with Gasteiger partial charge in [-0.3, -0.25) is 0 Å². The van der Waals surface area contributed by atoms with Crippen LogP contribution < -0.4 is 5.32 Å². The van der Waals surface area contributed by atoms with Gasteiger partial charge in [-0.15, -0.1) is 0 Å². The molecule has 4 heteroatoms. The second-order valence-corrected chi connectivity index (χ2v) is 6.14. The molecule has 1 atom stereocenters. The van der Waals surface area contributed by atoms with Crippen molar-refractivity contribution in [3.05, 3.63) is 42.1 Å². The Morgan fingerprint density at radius 1 is 1.25 bits per heavy atom. The topological polar surface area (TPSA) is 46.2 Å². The molecule has 0 fully saturated rings. The lowest BCUT2D eigenvalue weighted by Crippen LogP contribution is -2.26. The monoisotopic (exact) mass is 237 g/mol. The summed E-state index contributed by atoms with van der Waals surface area (Å²) >= 11 is 0. The van der Waals surface area contributed by atoms with Gasteiger partial charge in [-0.05, 0) is 25.5 Å². The summed E-state index contributed by atoms with van der Waals surface area (Å²) in [7, 11) is -3.25. The van der Waals surface area contributed by atoms with Gasteiger partial charge >= 0.3 is 0 Å². The van der Waals surface area contributed by atoms with E-state index in [1.165, 1.54) is 0 Å². The number of nitrogens with one attached hydrogen (secondary N) is 1. The Morgan fingerprint density at radius 2 is 1.94 bits per heavy atom. The first-order valence-corrected chi connectivity index (χ1v) is 6.90. The van der Waals surface area contributed by atoms with Gasteiger partial charge in [-0.1, -0.05) is 24.3 Å². The van der Waals surface area contributed by atoms with Crippen LogP contribution >= 0.6 is 0 Å². The van der Waals surface area contributed by atoms with Crippen LogP contribution in [0.1, 0.15) is 13.3 Å². The van der Waals surface area contributed by atoms with Crippen molar-refractivity contribution in [2.24, 2.45) is 0 Å². The lowest BCUT2D eigenvalue weighted by molar-refractivity contribution is 0.587. The van der Waals surface area contributed by atoms with Crippen LogP contribution in [0.5, 0.6) is 0 Å². The van der Waals surface area contributed by atoms with E-state index in [9.17, 15) is 8.42 Å². The molecule has 0 aromatic heterocycles. The summed E-state index contributed by atoms with van der Waals surface area (Å²) in [5.74, 6) is 0. The number of benzene rings is 1. The quantitative estimate of drug-likeness (QED) is 0.870. The molecular formula is C12H15NO2S. The highest BCUT2D eigenvalue weighted by Crippen LogP contribution is 2.21. The summed E-state index contributed by atoms with van der Waals surface area (Å²) < 4.78 is 24.5. The number of hydrogen-bond acceptors (Lipinski definition) is 3. The Balaban J connectivity index is 2.33. The van der Waals surface area contributed by atoms with E-state index in [4.69, 9.17) is 0 Å². The molecule has 0 amide bonds. The molecule has 0 radical (unpaired) electrons. The maximum absolute atomic E-state index is 12.2. The van der Waals surface area contributed by atoms with E-state index >= 15 is 0 Å². The molecule has 2 rings (SSSR count). The maximum atomic E-state index is 12.2. The average molecular weight is 237 g/mol. The summed E-state index contributed by atoms with van der Waals surface area (Å²) in [6, 6.07) is 8.59. The van der Waals surface area contributed by atoms with Crippen molar-refractivity contribution in [2.45, 2.75) is 23.5 Å². The lowest BCUT2D eigenvalue weighted by atomic mass is 10.3. The molecule has 1 aliphatic heterocycles. The highest BCUT2D eigenvalue weighted by Gasteiger charge is 2.27. The molecule has 16 heavy (non-hydrogen) atoms. The van der Waals surface area contributed by atoms with Gasteiger partial charge in [0.25, 0.3) is 0 Å². The molecule has 1 aromatic rings. The number of hydrogen-bond donors (Lipinski definition) is 1. The Bertz CT molecular complexity index is 491. The zero-order valence-corrected chi connectivity index (χ0v) is 10.00. The summed E-state index contributed by atoms with van der Waals surface area (Å²) in [6.45, 7) is 2.57. The second kappa shape index (κ2) is 4.29. The minimum atomic E-state index is -3.25. The largest absolute Gasteiger partial charge is 0.387 e. The third-order valence-electron chi connectivity index (χ3n) is 2.81. The van der Waals surface area contributed by atoms with Gasteiger partial charge in [0.05, 0.1) is 4.90 Å². The van der Waals surface area contributed by atoms with Crippen LogP contribution in [-0.2, 0) is 9.84 Å². The first-order valence-electron chi connectivity index (χ1n) is 5.35. The van der Waals surface area contributed by atoms with Crippen molar-refractivity contribution in [3.8, 4) is 0 Å². The molecule has 1 N–H and O–H groups in total. The van der Waals surface area contributed by atoms with Gasteiger partial charge in [-0.2, -0.15) is 0 Å². The predicted molar refractivity (Wildman–Crippen MR) is 63.8 cm³/mol. The van der Waals surface area contributed by atoms with Crippen LogP contribution in [0.25, 0.3) is 0 Å². The van der Waals surface area contributed by atoms with Gasteiger partial charge in [0.15, 0.2) is 9.84 Å². The molecule has 3 nitrogen and oxygen atoms in total.